The molecule has 0 bridgehead atoms. The third-order valence-electron chi connectivity index (χ3n) is 5.14. The lowest BCUT2D eigenvalue weighted by Gasteiger charge is -2.22. The van der Waals surface area contributed by atoms with E-state index in [1.165, 1.54) is 17.8 Å². The van der Waals surface area contributed by atoms with Gasteiger partial charge in [0.2, 0.25) is 10.0 Å². The molecule has 1 aliphatic rings. The molecule has 6 nitrogen and oxygen atoms in total. The highest BCUT2D eigenvalue weighted by molar-refractivity contribution is 7.89. The van der Waals surface area contributed by atoms with E-state index in [4.69, 9.17) is 0 Å². The second-order valence-electron chi connectivity index (χ2n) is 7.42. The number of nitrogens with one attached hydrogen (secondary N) is 1. The quantitative estimate of drug-likeness (QED) is 0.683. The van der Waals surface area contributed by atoms with Crippen LogP contribution in [0.15, 0.2) is 53.4 Å². The van der Waals surface area contributed by atoms with Crippen LogP contribution >= 0.6 is 0 Å². The summed E-state index contributed by atoms with van der Waals surface area (Å²) in [5.74, 6) is -0.142. The summed E-state index contributed by atoms with van der Waals surface area (Å²) in [5, 5.41) is 0. The van der Waals surface area contributed by atoms with Crippen molar-refractivity contribution in [2.24, 2.45) is 0 Å². The Labute approximate surface area is 173 Å². The number of carbonyl (C=O) groups excluding carboxylic acids is 1. The summed E-state index contributed by atoms with van der Waals surface area (Å²) >= 11 is 0. The zero-order valence-corrected chi connectivity index (χ0v) is 18.1. The van der Waals surface area contributed by atoms with Gasteiger partial charge >= 0.3 is 0 Å². The number of anilines is 1. The summed E-state index contributed by atoms with van der Waals surface area (Å²) in [4.78, 5) is 16.8. The van der Waals surface area contributed by atoms with Crippen molar-refractivity contribution in [2.45, 2.75) is 44.2 Å². The maximum Gasteiger partial charge on any atom is 0.253 e. The van der Waals surface area contributed by atoms with Crippen molar-refractivity contribution in [3.05, 3.63) is 59.7 Å². The van der Waals surface area contributed by atoms with Gasteiger partial charge in [-0.25, -0.2) is 13.1 Å². The third-order valence-corrected chi connectivity index (χ3v) is 6.68. The van der Waals surface area contributed by atoms with E-state index < -0.39 is 10.0 Å². The second kappa shape index (κ2) is 8.97. The monoisotopic (exact) mass is 415 g/mol. The second-order valence-corrected chi connectivity index (χ2v) is 9.13. The molecule has 0 radical (unpaired) electrons. The van der Waals surface area contributed by atoms with Crippen molar-refractivity contribution in [2.75, 3.05) is 25.0 Å². The number of amides is 1. The summed E-state index contributed by atoms with van der Waals surface area (Å²) in [6.07, 6.45) is 1.77. The van der Waals surface area contributed by atoms with E-state index in [0.29, 0.717) is 12.1 Å². The highest BCUT2D eigenvalue weighted by atomic mass is 32.2. The minimum Gasteiger partial charge on any atom is -0.372 e. The van der Waals surface area contributed by atoms with E-state index in [0.717, 1.165) is 31.5 Å². The van der Waals surface area contributed by atoms with Crippen LogP contribution in [0, 0.1) is 0 Å². The summed E-state index contributed by atoms with van der Waals surface area (Å²) in [6, 6.07) is 14.4. The largest absolute Gasteiger partial charge is 0.372 e. The van der Waals surface area contributed by atoms with Crippen LogP contribution in [0.1, 0.15) is 42.6 Å². The van der Waals surface area contributed by atoms with Crippen molar-refractivity contribution in [1.82, 2.24) is 9.62 Å². The van der Waals surface area contributed by atoms with Gasteiger partial charge in [-0.3, -0.25) is 4.79 Å². The van der Waals surface area contributed by atoms with E-state index in [2.05, 4.69) is 35.6 Å². The first-order valence-corrected chi connectivity index (χ1v) is 11.5. The molecular formula is C22H29N3O3S. The molecule has 29 heavy (non-hydrogen) atoms. The average molecular weight is 416 g/mol. The molecule has 0 saturated heterocycles. The Kier molecular flexibility index (Phi) is 6.59. The molecule has 2 aromatic rings. The third kappa shape index (κ3) is 5.36. The molecule has 156 valence electrons. The first-order chi connectivity index (χ1) is 13.8. The maximum absolute atomic E-state index is 12.7. The van der Waals surface area contributed by atoms with Gasteiger partial charge in [-0.1, -0.05) is 12.1 Å². The van der Waals surface area contributed by atoms with Crippen LogP contribution in [0.3, 0.4) is 0 Å². The van der Waals surface area contributed by atoms with Crippen LogP contribution in [0.2, 0.25) is 0 Å². The highest BCUT2D eigenvalue weighted by Gasteiger charge is 2.28. The van der Waals surface area contributed by atoms with Crippen LogP contribution in [0.5, 0.6) is 0 Å². The predicted octanol–water partition coefficient (Wildman–Crippen LogP) is 3.25. The summed E-state index contributed by atoms with van der Waals surface area (Å²) in [5.41, 5.74) is 2.69. The van der Waals surface area contributed by atoms with Gasteiger partial charge < -0.3 is 9.80 Å². The van der Waals surface area contributed by atoms with Crippen LogP contribution in [-0.2, 0) is 16.6 Å². The lowest BCUT2D eigenvalue weighted by atomic mass is 10.1. The van der Waals surface area contributed by atoms with Crippen LogP contribution in [0.25, 0.3) is 0 Å². The van der Waals surface area contributed by atoms with Crippen molar-refractivity contribution >= 4 is 21.6 Å². The molecule has 0 aromatic heterocycles. The molecule has 0 aliphatic heterocycles. The van der Waals surface area contributed by atoms with Gasteiger partial charge in [-0.15, -0.1) is 0 Å². The topological polar surface area (TPSA) is 69.7 Å². The zero-order chi connectivity index (χ0) is 21.0. The molecular weight excluding hydrogens is 386 g/mol. The van der Waals surface area contributed by atoms with E-state index in [-0.39, 0.29) is 16.8 Å². The lowest BCUT2D eigenvalue weighted by Crippen LogP contribution is -2.27. The van der Waals surface area contributed by atoms with E-state index in [1.54, 1.807) is 24.1 Å². The smallest absolute Gasteiger partial charge is 0.253 e. The molecule has 1 N–H and O–H groups in total. The van der Waals surface area contributed by atoms with Gasteiger partial charge in [0.1, 0.15) is 0 Å². The minimum atomic E-state index is -3.50. The Bertz CT molecular complexity index is 932. The van der Waals surface area contributed by atoms with E-state index in [9.17, 15) is 13.2 Å². The van der Waals surface area contributed by atoms with Crippen molar-refractivity contribution in [3.8, 4) is 0 Å². The Hall–Kier alpha value is -2.38. The molecule has 0 heterocycles. The molecule has 0 atom stereocenters. The Morgan fingerprint density at radius 3 is 2.10 bits per heavy atom. The first kappa shape index (κ1) is 21.3. The van der Waals surface area contributed by atoms with Crippen LogP contribution in [-0.4, -0.2) is 45.4 Å². The van der Waals surface area contributed by atoms with Gasteiger partial charge in [0, 0.05) is 44.0 Å². The van der Waals surface area contributed by atoms with Crippen molar-refractivity contribution in [1.29, 1.82) is 0 Å². The van der Waals surface area contributed by atoms with Crippen LogP contribution < -0.4 is 9.62 Å². The average Bonchev–Trinajstić information content (AvgIpc) is 3.53. The fourth-order valence-corrected chi connectivity index (χ4v) is 4.54. The fourth-order valence-electron chi connectivity index (χ4n) is 3.23. The van der Waals surface area contributed by atoms with Crippen molar-refractivity contribution < 1.29 is 13.2 Å². The van der Waals surface area contributed by atoms with Gasteiger partial charge in [-0.2, -0.15) is 0 Å². The molecule has 1 fully saturated rings. The molecule has 1 saturated carbocycles. The van der Waals surface area contributed by atoms with Crippen LogP contribution in [0.4, 0.5) is 5.69 Å². The normalized spacial score (nSPS) is 13.9. The first-order valence-electron chi connectivity index (χ1n) is 10.1. The number of benzene rings is 2. The SMILES string of the molecule is CCN(CC)c1ccc(CN(C)C(=O)c2ccc(S(=O)(=O)NC3CC3)cc2)cc1. The molecule has 0 spiro atoms. The number of hydrogen-bond acceptors (Lipinski definition) is 4. The molecule has 0 unspecified atom stereocenters. The Morgan fingerprint density at radius 2 is 1.59 bits per heavy atom. The fraction of sp³-hybridized carbons (Fsp3) is 0.409. The Morgan fingerprint density at radius 1 is 1.00 bits per heavy atom. The van der Waals surface area contributed by atoms with Gasteiger partial charge in [0.25, 0.3) is 5.91 Å². The summed E-state index contributed by atoms with van der Waals surface area (Å²) in [6.45, 7) is 6.65. The maximum atomic E-state index is 12.7. The van der Waals surface area contributed by atoms with Gasteiger partial charge in [0.05, 0.1) is 4.90 Å². The molecule has 2 aromatic carbocycles. The summed E-state index contributed by atoms with van der Waals surface area (Å²) < 4.78 is 27.1. The highest BCUT2D eigenvalue weighted by Crippen LogP contribution is 2.22. The number of rotatable bonds is 9. The molecule has 3 rings (SSSR count). The van der Waals surface area contributed by atoms with Gasteiger partial charge in [-0.05, 0) is 68.7 Å². The number of sulfonamides is 1. The molecule has 1 amide bonds. The van der Waals surface area contributed by atoms with E-state index in [1.807, 2.05) is 12.1 Å². The standard InChI is InChI=1S/C22H29N3O3S/c1-4-25(5-2)20-12-6-17(7-13-20)16-24(3)22(26)18-8-14-21(15-9-18)29(27,28)23-19-10-11-19/h6-9,12-15,19,23H,4-5,10-11,16H2,1-3H3. The molecule has 7 heteroatoms. The summed E-state index contributed by atoms with van der Waals surface area (Å²) in [7, 11) is -1.75. The number of carbonyl (C=O) groups is 1. The Balaban J connectivity index is 1.63. The predicted molar refractivity (Wildman–Crippen MR) is 116 cm³/mol. The number of hydrogen-bond donors (Lipinski definition) is 1. The molecule has 1 aliphatic carbocycles. The minimum absolute atomic E-state index is 0.0561. The van der Waals surface area contributed by atoms with Crippen molar-refractivity contribution in [3.63, 3.8) is 0 Å². The lowest BCUT2D eigenvalue weighted by molar-refractivity contribution is 0.0785. The zero-order valence-electron chi connectivity index (χ0n) is 17.3. The number of nitrogens with zero attached hydrogens (tertiary/aromatic N) is 2. The van der Waals surface area contributed by atoms with Gasteiger partial charge in [0.15, 0.2) is 0 Å². The van der Waals surface area contributed by atoms with E-state index >= 15 is 0 Å².